The number of rotatable bonds is 4. The normalized spacial score (nSPS) is 10.6. The topological polar surface area (TPSA) is 78.9 Å². The van der Waals surface area contributed by atoms with Crippen LogP contribution in [-0.2, 0) is 28.6 Å². The Bertz CT molecular complexity index is 234. The Kier molecular flexibility index (Phi) is 4.99. The Hall–Kier alpha value is -1.37. The first kappa shape index (κ1) is 13.6. The van der Waals surface area contributed by atoms with Crippen molar-refractivity contribution in [1.82, 2.24) is 0 Å². The van der Waals surface area contributed by atoms with Crippen LogP contribution >= 0.6 is 0 Å². The van der Waals surface area contributed by atoms with E-state index in [9.17, 15) is 14.4 Å². The van der Waals surface area contributed by atoms with Crippen LogP contribution in [0, 0.1) is 0 Å². The summed E-state index contributed by atoms with van der Waals surface area (Å²) >= 11 is 0. The molecule has 6 nitrogen and oxygen atoms in total. The third-order valence-corrected chi connectivity index (χ3v) is 2.20. The van der Waals surface area contributed by atoms with Gasteiger partial charge >= 0.3 is 23.9 Å². The molecule has 0 spiro atoms. The van der Waals surface area contributed by atoms with Crippen LogP contribution < -0.4 is 0 Å². The Morgan fingerprint density at radius 1 is 0.933 bits per heavy atom. The molecule has 0 saturated carbocycles. The summed E-state index contributed by atoms with van der Waals surface area (Å²) in [6, 6.07) is 0.158. The minimum absolute atomic E-state index is 0.158. The van der Waals surface area contributed by atoms with Gasteiger partial charge in [0.1, 0.15) is 0 Å². The summed E-state index contributed by atoms with van der Waals surface area (Å²) in [5, 5.41) is 0. The lowest BCUT2D eigenvalue weighted by atomic mass is 10.5. The molecule has 0 aliphatic rings. The maximum atomic E-state index is 10.8. The Morgan fingerprint density at radius 2 is 1.20 bits per heavy atom. The van der Waals surface area contributed by atoms with Crippen molar-refractivity contribution in [2.24, 2.45) is 0 Å². The highest BCUT2D eigenvalue weighted by atomic mass is 28.1. The third kappa shape index (κ3) is 5.16. The van der Waals surface area contributed by atoms with Crippen LogP contribution in [0.25, 0.3) is 0 Å². The average Bonchev–Trinajstić information content (AvgIpc) is 1.99. The van der Waals surface area contributed by atoms with Gasteiger partial charge in [-0.15, -0.1) is 0 Å². The Morgan fingerprint density at radius 3 is 1.33 bits per heavy atom. The zero-order chi connectivity index (χ0) is 12.1. The summed E-state index contributed by atoms with van der Waals surface area (Å²) < 4.78 is 14.2. The van der Waals surface area contributed by atoms with Crippen LogP contribution in [0.4, 0.5) is 0 Å². The number of esters is 3. The lowest BCUT2D eigenvalue weighted by Gasteiger charge is -2.28. The highest BCUT2D eigenvalue weighted by Crippen LogP contribution is 2.20. The zero-order valence-corrected chi connectivity index (χ0v) is 11.2. The molecule has 15 heavy (non-hydrogen) atoms. The average molecular weight is 234 g/mol. The highest BCUT2D eigenvalue weighted by Gasteiger charge is 2.39. The zero-order valence-electron chi connectivity index (χ0n) is 9.16. The van der Waals surface area contributed by atoms with Crippen LogP contribution in [-0.4, -0.2) is 34.1 Å². The molecule has 7 heteroatoms. The van der Waals surface area contributed by atoms with Gasteiger partial charge in [-0.2, -0.15) is 0 Å². The van der Waals surface area contributed by atoms with Gasteiger partial charge in [0.25, 0.3) is 0 Å². The fourth-order valence-corrected chi connectivity index (χ4v) is 1.37. The van der Waals surface area contributed by atoms with Crippen molar-refractivity contribution in [2.45, 2.75) is 32.8 Å². The number of hydrogen-bond acceptors (Lipinski definition) is 6. The monoisotopic (exact) mass is 234 g/mol. The molecule has 0 N–H and O–H groups in total. The molecule has 0 aromatic heterocycles. The fraction of sp³-hybridized carbons (Fsp3) is 0.625. The second kappa shape index (κ2) is 5.49. The van der Waals surface area contributed by atoms with Gasteiger partial charge in [-0.3, -0.25) is 14.4 Å². The first-order chi connectivity index (χ1) is 6.81. The Labute approximate surface area is 90.3 Å². The first-order valence-electron chi connectivity index (χ1n) is 4.40. The van der Waals surface area contributed by atoms with E-state index in [0.717, 1.165) is 20.8 Å². The van der Waals surface area contributed by atoms with E-state index in [1.807, 2.05) is 0 Å². The summed E-state index contributed by atoms with van der Waals surface area (Å²) in [6.45, 7) is 3.41. The molecule has 0 heterocycles. The van der Waals surface area contributed by atoms with Crippen LogP contribution in [0.3, 0.4) is 0 Å². The Balaban J connectivity index is 4.81. The molecule has 0 bridgehead atoms. The van der Waals surface area contributed by atoms with Crippen LogP contribution in [0.15, 0.2) is 0 Å². The number of carbonyl (C=O) groups excluding carboxylic acids is 3. The minimum atomic E-state index is -1.88. The van der Waals surface area contributed by atoms with Crippen molar-refractivity contribution in [1.29, 1.82) is 0 Å². The molecule has 0 unspecified atom stereocenters. The van der Waals surface area contributed by atoms with Crippen molar-refractivity contribution in [3.05, 3.63) is 0 Å². The lowest BCUT2D eigenvalue weighted by molar-refractivity contribution is -0.317. The molecular weight excluding hydrogens is 220 g/mol. The van der Waals surface area contributed by atoms with Crippen molar-refractivity contribution in [2.75, 3.05) is 0 Å². The van der Waals surface area contributed by atoms with E-state index in [4.69, 9.17) is 14.2 Å². The van der Waals surface area contributed by atoms with Crippen molar-refractivity contribution in [3.63, 3.8) is 0 Å². The van der Waals surface area contributed by atoms with Crippen LogP contribution in [0.1, 0.15) is 20.8 Å². The van der Waals surface area contributed by atoms with E-state index in [1.165, 1.54) is 0 Å². The summed E-state index contributed by atoms with van der Waals surface area (Å²) in [6.07, 6.45) is 0. The van der Waals surface area contributed by atoms with E-state index in [0.29, 0.717) is 10.2 Å². The molecule has 0 aliphatic heterocycles. The predicted octanol–water partition coefficient (Wildman–Crippen LogP) is -0.887. The van der Waals surface area contributed by atoms with Crippen molar-refractivity contribution < 1.29 is 28.6 Å². The van der Waals surface area contributed by atoms with E-state index >= 15 is 0 Å². The van der Waals surface area contributed by atoms with Crippen molar-refractivity contribution >= 4 is 28.2 Å². The number of hydrogen-bond donors (Lipinski definition) is 0. The summed E-state index contributed by atoms with van der Waals surface area (Å²) in [7, 11) is 0.531. The number of ether oxygens (including phenoxy) is 3. The number of carbonyl (C=O) groups is 3. The predicted molar refractivity (Wildman–Crippen MR) is 52.8 cm³/mol. The molecule has 0 fully saturated rings. The first-order valence-corrected chi connectivity index (χ1v) is 5.81. The van der Waals surface area contributed by atoms with Gasteiger partial charge in [-0.1, -0.05) is 0 Å². The summed E-state index contributed by atoms with van der Waals surface area (Å²) in [4.78, 5) is 32.4. The molecule has 0 saturated heterocycles. The van der Waals surface area contributed by atoms with Gasteiger partial charge in [-0.25, -0.2) is 0 Å². The van der Waals surface area contributed by atoms with E-state index in [2.05, 4.69) is 0 Å². The standard InChI is InChI=1S/C8H14O6Si/c1-5(9)12-8(4-15,13-6(2)10)14-7(3)11/h4H2,1-3,15H3. The van der Waals surface area contributed by atoms with Gasteiger partial charge in [0, 0.05) is 31.0 Å². The molecule has 0 aromatic rings. The minimum Gasteiger partial charge on any atom is -0.388 e. The smallest absolute Gasteiger partial charge is 0.388 e. The molecule has 0 atom stereocenters. The molecular formula is C8H14O6Si. The second-order valence-electron chi connectivity index (χ2n) is 2.82. The van der Waals surface area contributed by atoms with Crippen LogP contribution in [0.2, 0.25) is 6.04 Å². The van der Waals surface area contributed by atoms with E-state index in [1.54, 1.807) is 0 Å². The molecule has 0 aliphatic carbocycles. The van der Waals surface area contributed by atoms with Gasteiger partial charge in [0.2, 0.25) is 0 Å². The van der Waals surface area contributed by atoms with Crippen molar-refractivity contribution in [3.8, 4) is 0 Å². The van der Waals surface area contributed by atoms with E-state index < -0.39 is 23.9 Å². The molecule has 0 aromatic carbocycles. The summed E-state index contributed by atoms with van der Waals surface area (Å²) in [5.74, 6) is -3.94. The molecule has 0 radical (unpaired) electrons. The quantitative estimate of drug-likeness (QED) is 0.357. The SMILES string of the molecule is CC(=O)OC(C[SiH3])(OC(C)=O)OC(C)=O. The largest absolute Gasteiger partial charge is 0.419 e. The maximum absolute atomic E-state index is 10.8. The fourth-order valence-electron chi connectivity index (χ4n) is 0.936. The van der Waals surface area contributed by atoms with Crippen LogP contribution in [0.5, 0.6) is 0 Å². The summed E-state index contributed by atoms with van der Waals surface area (Å²) in [5.41, 5.74) is 0. The van der Waals surface area contributed by atoms with Gasteiger partial charge in [0.05, 0.1) is 6.04 Å². The lowest BCUT2D eigenvalue weighted by Crippen LogP contribution is -2.42. The highest BCUT2D eigenvalue weighted by molar-refractivity contribution is 6.09. The second-order valence-corrected chi connectivity index (χ2v) is 3.52. The molecule has 0 amide bonds. The van der Waals surface area contributed by atoms with E-state index in [-0.39, 0.29) is 6.04 Å². The third-order valence-electron chi connectivity index (χ3n) is 1.33. The molecule has 0 rings (SSSR count). The van der Waals surface area contributed by atoms with Gasteiger partial charge < -0.3 is 14.2 Å². The van der Waals surface area contributed by atoms with Gasteiger partial charge in [-0.05, 0) is 0 Å². The molecule has 86 valence electrons. The van der Waals surface area contributed by atoms with Gasteiger partial charge in [0.15, 0.2) is 0 Å². The maximum Gasteiger partial charge on any atom is 0.419 e.